The summed E-state index contributed by atoms with van der Waals surface area (Å²) in [5.74, 6) is -1.42. The number of carboxylic acid groups (broad SMARTS) is 1. The zero-order chi connectivity index (χ0) is 17.1. The Balaban J connectivity index is -0.000000326. The minimum absolute atomic E-state index is 0. The quantitative estimate of drug-likeness (QED) is 0.409. The summed E-state index contributed by atoms with van der Waals surface area (Å²) in [7, 11) is 6.15. The van der Waals surface area contributed by atoms with Gasteiger partial charge < -0.3 is 24.9 Å². The molecule has 0 heterocycles. The second-order valence-corrected chi connectivity index (χ2v) is 5.68. The predicted molar refractivity (Wildman–Crippen MR) is 88.4 cm³/mol. The number of carbonyl (C=O) groups is 2. The van der Waals surface area contributed by atoms with E-state index in [1.165, 1.54) is 6.92 Å². The fraction of sp³-hybridized carbons (Fsp3) is 0.600. The Kier molecular flexibility index (Phi) is 15.5. The first kappa shape index (κ1) is 25.6. The molecule has 130 valence electrons. The zero-order valence-electron chi connectivity index (χ0n) is 14.2. The molecule has 0 aliphatic carbocycles. The Morgan fingerprint density at radius 3 is 2.09 bits per heavy atom. The number of hydrogen-bond donors (Lipinski definition) is 1. The number of nitrogens with two attached hydrogens (primary N) is 1. The fourth-order valence-electron chi connectivity index (χ4n) is 0.919. The first-order valence-electron chi connectivity index (χ1n) is 6.72. The maximum Gasteiger partial charge on any atom is 0.333 e. The Hall–Kier alpha value is -1.37. The number of hydrogen-bond acceptors (Lipinski definition) is 5. The summed E-state index contributed by atoms with van der Waals surface area (Å²) in [6.07, 6.45) is 2.15. The van der Waals surface area contributed by atoms with Gasteiger partial charge in [0.15, 0.2) is 0 Å². The van der Waals surface area contributed by atoms with E-state index in [-0.39, 0.29) is 23.9 Å². The second kappa shape index (κ2) is 13.3. The average molecular weight is 337 g/mol. The summed E-state index contributed by atoms with van der Waals surface area (Å²) in [6, 6.07) is 0. The van der Waals surface area contributed by atoms with Crippen molar-refractivity contribution in [3.63, 3.8) is 0 Å². The van der Waals surface area contributed by atoms with Crippen LogP contribution in [0.15, 0.2) is 23.8 Å². The van der Waals surface area contributed by atoms with Crippen molar-refractivity contribution in [1.29, 1.82) is 0 Å². The van der Waals surface area contributed by atoms with Crippen molar-refractivity contribution in [2.24, 2.45) is 5.73 Å². The van der Waals surface area contributed by atoms with Crippen molar-refractivity contribution in [1.82, 2.24) is 0 Å². The van der Waals surface area contributed by atoms with Gasteiger partial charge in [-0.1, -0.05) is 12.7 Å². The van der Waals surface area contributed by atoms with Crippen LogP contribution in [-0.4, -0.2) is 57.3 Å². The van der Waals surface area contributed by atoms with E-state index in [9.17, 15) is 14.7 Å². The van der Waals surface area contributed by atoms with E-state index < -0.39 is 5.97 Å². The number of likely N-dealkylation sites (N-methyl/N-ethyl adjacent to an activating group) is 1. The summed E-state index contributed by atoms with van der Waals surface area (Å²) < 4.78 is 5.72. The molecule has 0 aromatic carbocycles. The number of carboxylic acids is 1. The number of carbonyl (C=O) groups excluding carboxylic acids is 2. The van der Waals surface area contributed by atoms with Crippen molar-refractivity contribution < 1.29 is 23.9 Å². The van der Waals surface area contributed by atoms with Crippen LogP contribution in [0.5, 0.6) is 0 Å². The van der Waals surface area contributed by atoms with Crippen LogP contribution in [0.2, 0.25) is 0 Å². The van der Waals surface area contributed by atoms with Crippen LogP contribution in [0.3, 0.4) is 0 Å². The van der Waals surface area contributed by atoms with Crippen LogP contribution >= 0.6 is 12.4 Å². The summed E-state index contributed by atoms with van der Waals surface area (Å²) in [4.78, 5) is 20.9. The van der Waals surface area contributed by atoms with Crippen molar-refractivity contribution in [2.75, 3.05) is 40.8 Å². The largest absolute Gasteiger partial charge is 0.545 e. The van der Waals surface area contributed by atoms with Gasteiger partial charge in [0.2, 0.25) is 0 Å². The van der Waals surface area contributed by atoms with E-state index in [0.717, 1.165) is 11.0 Å². The third-order valence-electron chi connectivity index (χ3n) is 2.28. The minimum atomic E-state index is -1.12. The molecule has 0 saturated carbocycles. The lowest BCUT2D eigenvalue weighted by Gasteiger charge is -2.23. The lowest BCUT2D eigenvalue weighted by Crippen LogP contribution is -2.38. The SMILES string of the molecule is C=C(C)C(=O)OCC[N+](C)(C)C.CC(=CCCN)C(=O)[O-].Cl. The lowest BCUT2D eigenvalue weighted by molar-refractivity contribution is -0.870. The molecular formula is C15H29ClN2O4. The van der Waals surface area contributed by atoms with E-state index in [4.69, 9.17) is 10.5 Å². The molecule has 6 nitrogen and oxygen atoms in total. The van der Waals surface area contributed by atoms with Gasteiger partial charge in [-0.3, -0.25) is 0 Å². The molecule has 22 heavy (non-hydrogen) atoms. The van der Waals surface area contributed by atoms with E-state index >= 15 is 0 Å². The van der Waals surface area contributed by atoms with Crippen LogP contribution in [-0.2, 0) is 14.3 Å². The fourth-order valence-corrected chi connectivity index (χ4v) is 0.919. The maximum atomic E-state index is 10.9. The number of rotatable bonds is 7. The van der Waals surface area contributed by atoms with Gasteiger partial charge >= 0.3 is 5.97 Å². The predicted octanol–water partition coefficient (Wildman–Crippen LogP) is 0.265. The smallest absolute Gasteiger partial charge is 0.333 e. The van der Waals surface area contributed by atoms with Gasteiger partial charge in [-0.15, -0.1) is 12.4 Å². The Labute approximate surface area is 139 Å². The molecular weight excluding hydrogens is 308 g/mol. The second-order valence-electron chi connectivity index (χ2n) is 5.68. The molecule has 0 spiro atoms. The van der Waals surface area contributed by atoms with E-state index in [1.54, 1.807) is 13.0 Å². The molecule has 0 aliphatic heterocycles. The molecule has 2 N–H and O–H groups in total. The van der Waals surface area contributed by atoms with Gasteiger partial charge in [-0.25, -0.2) is 4.79 Å². The molecule has 0 amide bonds. The Bertz CT molecular complexity index is 387. The molecule has 0 aromatic heterocycles. The van der Waals surface area contributed by atoms with Crippen molar-refractivity contribution in [3.8, 4) is 0 Å². The summed E-state index contributed by atoms with van der Waals surface area (Å²) in [5, 5.41) is 9.98. The molecule has 0 saturated heterocycles. The number of ether oxygens (including phenoxy) is 1. The van der Waals surface area contributed by atoms with Crippen LogP contribution in [0.1, 0.15) is 20.3 Å². The zero-order valence-corrected chi connectivity index (χ0v) is 15.0. The molecule has 7 heteroatoms. The number of aliphatic carboxylic acids is 1. The highest BCUT2D eigenvalue weighted by Crippen LogP contribution is 1.94. The van der Waals surface area contributed by atoms with Gasteiger partial charge in [0, 0.05) is 5.57 Å². The number of nitrogens with zero attached hydrogens (tertiary/aromatic N) is 1. The summed E-state index contributed by atoms with van der Waals surface area (Å²) in [6.45, 7) is 8.38. The number of esters is 1. The number of halogens is 1. The third kappa shape index (κ3) is 18.6. The summed E-state index contributed by atoms with van der Waals surface area (Å²) >= 11 is 0. The van der Waals surface area contributed by atoms with Crippen molar-refractivity contribution in [3.05, 3.63) is 23.8 Å². The number of quaternary nitrogens is 1. The van der Waals surface area contributed by atoms with Crippen molar-refractivity contribution in [2.45, 2.75) is 20.3 Å². The van der Waals surface area contributed by atoms with Gasteiger partial charge in [0.25, 0.3) is 0 Å². The minimum Gasteiger partial charge on any atom is -0.545 e. The summed E-state index contributed by atoms with van der Waals surface area (Å²) in [5.41, 5.74) is 5.82. The standard InChI is InChI=1S/C9H18NO2.C6H11NO2.ClH/c1-8(2)9(11)12-7-6-10(3,4)5;1-5(6(8)9)3-2-4-7;/h1,6-7H2,2-5H3;3H,2,4,7H2,1H3,(H,8,9);1H/q+1;;/p-1. The van der Waals surface area contributed by atoms with Gasteiger partial charge in [0.05, 0.1) is 27.1 Å². The van der Waals surface area contributed by atoms with Crippen LogP contribution in [0, 0.1) is 0 Å². The lowest BCUT2D eigenvalue weighted by atomic mass is 10.2. The van der Waals surface area contributed by atoms with Crippen LogP contribution < -0.4 is 10.8 Å². The Morgan fingerprint density at radius 2 is 1.77 bits per heavy atom. The molecule has 0 unspecified atom stereocenters. The normalized spacial score (nSPS) is 10.7. The molecule has 0 radical (unpaired) electrons. The Morgan fingerprint density at radius 1 is 1.27 bits per heavy atom. The van der Waals surface area contributed by atoms with E-state index in [0.29, 0.717) is 25.1 Å². The van der Waals surface area contributed by atoms with Crippen LogP contribution in [0.4, 0.5) is 0 Å². The molecule has 0 bridgehead atoms. The monoisotopic (exact) mass is 336 g/mol. The first-order valence-corrected chi connectivity index (χ1v) is 6.72. The molecule has 0 fully saturated rings. The third-order valence-corrected chi connectivity index (χ3v) is 2.28. The molecule has 0 aliphatic rings. The molecule has 0 aromatic rings. The van der Waals surface area contributed by atoms with Gasteiger partial charge in [-0.2, -0.15) is 0 Å². The average Bonchev–Trinajstić information content (AvgIpc) is 2.34. The molecule has 0 atom stereocenters. The first-order chi connectivity index (χ1) is 9.51. The van der Waals surface area contributed by atoms with Crippen molar-refractivity contribution >= 4 is 24.3 Å². The van der Waals surface area contributed by atoms with E-state index in [1.807, 2.05) is 0 Å². The van der Waals surface area contributed by atoms with E-state index in [2.05, 4.69) is 27.7 Å². The topological polar surface area (TPSA) is 92.5 Å². The highest BCUT2D eigenvalue weighted by atomic mass is 35.5. The van der Waals surface area contributed by atoms with Gasteiger partial charge in [0.1, 0.15) is 13.2 Å². The maximum absolute atomic E-state index is 10.9. The van der Waals surface area contributed by atoms with Gasteiger partial charge in [-0.05, 0) is 32.4 Å². The van der Waals surface area contributed by atoms with Crippen LogP contribution in [0.25, 0.3) is 0 Å². The highest BCUT2D eigenvalue weighted by Gasteiger charge is 2.09. The molecule has 0 rings (SSSR count). The highest BCUT2D eigenvalue weighted by molar-refractivity contribution is 5.86.